The number of halogens is 2. The van der Waals surface area contributed by atoms with Crippen LogP contribution in [0.25, 0.3) is 6.08 Å². The zero-order valence-corrected chi connectivity index (χ0v) is 15.7. The number of carbonyl (C=O) groups excluding carboxylic acids is 1. The smallest absolute Gasteiger partial charge is 0.244 e. The largest absolute Gasteiger partial charge is 0.374 e. The van der Waals surface area contributed by atoms with Crippen LogP contribution in [0.5, 0.6) is 0 Å². The third kappa shape index (κ3) is 4.17. The Balaban J connectivity index is 1.65. The number of likely N-dealkylation sites (N-methyl/N-ethyl adjacent to an activating group) is 1. The van der Waals surface area contributed by atoms with Gasteiger partial charge in [-0.1, -0.05) is 41.4 Å². The van der Waals surface area contributed by atoms with E-state index in [1.807, 2.05) is 6.92 Å². The minimum Gasteiger partial charge on any atom is -0.374 e. The summed E-state index contributed by atoms with van der Waals surface area (Å²) in [6.07, 6.45) is 4.24. The van der Waals surface area contributed by atoms with Crippen molar-refractivity contribution in [1.29, 1.82) is 0 Å². The first-order valence-electron chi connectivity index (χ1n) is 8.21. The van der Waals surface area contributed by atoms with Crippen LogP contribution in [0.2, 0.25) is 10.0 Å². The lowest BCUT2D eigenvalue weighted by atomic mass is 10.0. The van der Waals surface area contributed by atoms with Crippen molar-refractivity contribution in [2.75, 3.05) is 18.5 Å². The molecule has 0 aliphatic carbocycles. The zero-order valence-electron chi connectivity index (χ0n) is 14.2. The number of nitrogens with one attached hydrogen (secondary N) is 1. The highest BCUT2D eigenvalue weighted by Crippen LogP contribution is 2.29. The van der Waals surface area contributed by atoms with Crippen molar-refractivity contribution in [2.45, 2.75) is 19.4 Å². The second-order valence-electron chi connectivity index (χ2n) is 6.29. The number of amides is 1. The van der Waals surface area contributed by atoms with Gasteiger partial charge in [0.25, 0.3) is 0 Å². The molecular formula is C20H20Cl2N2O. The Labute approximate surface area is 158 Å². The second kappa shape index (κ2) is 7.51. The number of carbonyl (C=O) groups is 1. The number of rotatable bonds is 4. The summed E-state index contributed by atoms with van der Waals surface area (Å²) in [6.45, 7) is 3.03. The summed E-state index contributed by atoms with van der Waals surface area (Å²) >= 11 is 12.0. The van der Waals surface area contributed by atoms with E-state index in [0.29, 0.717) is 10.0 Å². The van der Waals surface area contributed by atoms with Gasteiger partial charge in [0, 0.05) is 35.4 Å². The number of hydrogen-bond donors (Lipinski definition) is 1. The molecule has 1 heterocycles. The molecule has 0 saturated carbocycles. The fraction of sp³-hybridized carbons (Fsp3) is 0.250. The average molecular weight is 375 g/mol. The van der Waals surface area contributed by atoms with Gasteiger partial charge in [-0.2, -0.15) is 0 Å². The highest BCUT2D eigenvalue weighted by molar-refractivity contribution is 6.35. The molecule has 0 radical (unpaired) electrons. The summed E-state index contributed by atoms with van der Waals surface area (Å²) < 4.78 is 0. The minimum atomic E-state index is -0.156. The normalized spacial score (nSPS) is 14.6. The summed E-state index contributed by atoms with van der Waals surface area (Å²) in [5.41, 5.74) is 4.49. The van der Waals surface area contributed by atoms with E-state index in [9.17, 15) is 4.79 Å². The number of fused-ring (bicyclic) bond motifs is 1. The SMILES string of the molecule is CC(NC(=O)/C=C/c1ccc(Cl)cc1Cl)c1ccc2c(c1)CCN2C. The summed E-state index contributed by atoms with van der Waals surface area (Å²) in [5.74, 6) is -0.156. The van der Waals surface area contributed by atoms with Crippen LogP contribution >= 0.6 is 23.2 Å². The van der Waals surface area contributed by atoms with Crippen LogP contribution in [0.1, 0.15) is 29.7 Å². The van der Waals surface area contributed by atoms with Gasteiger partial charge >= 0.3 is 0 Å². The van der Waals surface area contributed by atoms with Gasteiger partial charge in [-0.3, -0.25) is 4.79 Å². The Bertz CT molecular complexity index is 832. The predicted molar refractivity (Wildman–Crippen MR) is 105 cm³/mol. The highest BCUT2D eigenvalue weighted by atomic mass is 35.5. The molecule has 0 aromatic heterocycles. The lowest BCUT2D eigenvalue weighted by Gasteiger charge is -2.16. The van der Waals surface area contributed by atoms with Gasteiger partial charge < -0.3 is 10.2 Å². The maximum absolute atomic E-state index is 12.2. The second-order valence-corrected chi connectivity index (χ2v) is 7.13. The minimum absolute atomic E-state index is 0.0611. The molecule has 1 aliphatic heterocycles. The molecule has 0 fully saturated rings. The third-order valence-corrected chi connectivity index (χ3v) is 5.03. The number of anilines is 1. The molecule has 2 aromatic rings. The fourth-order valence-corrected chi connectivity index (χ4v) is 3.47. The van der Waals surface area contributed by atoms with Gasteiger partial charge in [-0.25, -0.2) is 0 Å². The van der Waals surface area contributed by atoms with Gasteiger partial charge in [-0.15, -0.1) is 0 Å². The third-order valence-electron chi connectivity index (χ3n) is 4.47. The zero-order chi connectivity index (χ0) is 18.0. The summed E-state index contributed by atoms with van der Waals surface area (Å²) in [4.78, 5) is 14.4. The van der Waals surface area contributed by atoms with Crippen LogP contribution in [-0.2, 0) is 11.2 Å². The van der Waals surface area contributed by atoms with Gasteiger partial charge in [0.15, 0.2) is 0 Å². The summed E-state index contributed by atoms with van der Waals surface area (Å²) in [5, 5.41) is 4.08. The number of nitrogens with zero attached hydrogens (tertiary/aromatic N) is 1. The molecule has 3 rings (SSSR count). The maximum atomic E-state index is 12.2. The van der Waals surface area contributed by atoms with Crippen molar-refractivity contribution in [3.05, 3.63) is 69.2 Å². The Morgan fingerprint density at radius 2 is 2.04 bits per heavy atom. The molecule has 5 heteroatoms. The lowest BCUT2D eigenvalue weighted by Crippen LogP contribution is -2.24. The van der Waals surface area contributed by atoms with Crippen molar-refractivity contribution >= 4 is 40.9 Å². The molecular weight excluding hydrogens is 355 g/mol. The lowest BCUT2D eigenvalue weighted by molar-refractivity contribution is -0.117. The Hall–Kier alpha value is -1.97. The van der Waals surface area contributed by atoms with E-state index in [-0.39, 0.29) is 11.9 Å². The molecule has 3 nitrogen and oxygen atoms in total. The van der Waals surface area contributed by atoms with Crippen molar-refractivity contribution in [3.63, 3.8) is 0 Å². The van der Waals surface area contributed by atoms with Crippen LogP contribution in [-0.4, -0.2) is 19.5 Å². The molecule has 1 atom stereocenters. The molecule has 1 amide bonds. The Morgan fingerprint density at radius 1 is 1.24 bits per heavy atom. The predicted octanol–water partition coefficient (Wildman–Crippen LogP) is 4.88. The van der Waals surface area contributed by atoms with E-state index < -0.39 is 0 Å². The Morgan fingerprint density at radius 3 is 2.80 bits per heavy atom. The van der Waals surface area contributed by atoms with Crippen LogP contribution in [0.3, 0.4) is 0 Å². The first-order chi connectivity index (χ1) is 11.9. The van der Waals surface area contributed by atoms with E-state index >= 15 is 0 Å². The summed E-state index contributed by atoms with van der Waals surface area (Å²) in [6, 6.07) is 11.5. The quantitative estimate of drug-likeness (QED) is 0.773. The van der Waals surface area contributed by atoms with Gasteiger partial charge in [0.2, 0.25) is 5.91 Å². The molecule has 1 N–H and O–H groups in total. The molecule has 2 aromatic carbocycles. The van der Waals surface area contributed by atoms with Gasteiger partial charge in [0.05, 0.1) is 6.04 Å². The fourth-order valence-electron chi connectivity index (χ4n) is 3.00. The monoisotopic (exact) mass is 374 g/mol. The van der Waals surface area contributed by atoms with E-state index in [1.165, 1.54) is 17.3 Å². The van der Waals surface area contributed by atoms with Crippen molar-refractivity contribution in [1.82, 2.24) is 5.32 Å². The molecule has 1 aliphatic rings. The van der Waals surface area contributed by atoms with Crippen LogP contribution in [0.4, 0.5) is 5.69 Å². The van der Waals surface area contributed by atoms with Crippen molar-refractivity contribution < 1.29 is 4.79 Å². The van der Waals surface area contributed by atoms with Crippen LogP contribution < -0.4 is 10.2 Å². The topological polar surface area (TPSA) is 32.3 Å². The van der Waals surface area contributed by atoms with Crippen molar-refractivity contribution in [2.24, 2.45) is 0 Å². The first kappa shape index (κ1) is 17.8. The van der Waals surface area contributed by atoms with Crippen LogP contribution in [0, 0.1) is 0 Å². The van der Waals surface area contributed by atoms with E-state index in [0.717, 1.165) is 24.1 Å². The van der Waals surface area contributed by atoms with Crippen LogP contribution in [0.15, 0.2) is 42.5 Å². The molecule has 25 heavy (non-hydrogen) atoms. The maximum Gasteiger partial charge on any atom is 0.244 e. The molecule has 0 spiro atoms. The average Bonchev–Trinajstić information content (AvgIpc) is 2.94. The van der Waals surface area contributed by atoms with E-state index in [1.54, 1.807) is 24.3 Å². The summed E-state index contributed by atoms with van der Waals surface area (Å²) in [7, 11) is 2.10. The number of hydrogen-bond acceptors (Lipinski definition) is 2. The highest BCUT2D eigenvalue weighted by Gasteiger charge is 2.17. The standard InChI is InChI=1S/C20H20Cl2N2O/c1-13(15-4-7-19-16(11-15)9-10-24(19)2)23-20(25)8-5-14-3-6-17(21)12-18(14)22/h3-8,11-13H,9-10H2,1-2H3,(H,23,25)/b8-5+. The molecule has 0 saturated heterocycles. The number of benzene rings is 2. The van der Waals surface area contributed by atoms with E-state index in [4.69, 9.17) is 23.2 Å². The van der Waals surface area contributed by atoms with E-state index in [2.05, 4.69) is 35.5 Å². The van der Waals surface area contributed by atoms with Gasteiger partial charge in [-0.05, 0) is 54.3 Å². The molecule has 0 bridgehead atoms. The van der Waals surface area contributed by atoms with Gasteiger partial charge in [0.1, 0.15) is 0 Å². The molecule has 130 valence electrons. The molecule has 1 unspecified atom stereocenters. The first-order valence-corrected chi connectivity index (χ1v) is 8.97. The Kier molecular flexibility index (Phi) is 5.36. The van der Waals surface area contributed by atoms with Crippen molar-refractivity contribution in [3.8, 4) is 0 Å².